The standard InChI is InChI=1S/C27H33N9O3S/c37-25(36-13-15-39-16-14-36)18-34-9-11-35(12-10-34)24-17-23(30-22-7-8-28-33-22)31-27(32-24)40-21-5-3-20(4-6-21)29-26(38)19-1-2-19/h3-8,17,19H,1-2,9-16,18H2,(H,29,38)(H2,28,30,31,32,33). The Bertz CT molecular complexity index is 1300. The Morgan fingerprint density at radius 2 is 1.77 bits per heavy atom. The highest BCUT2D eigenvalue weighted by Gasteiger charge is 2.29. The molecule has 210 valence electrons. The largest absolute Gasteiger partial charge is 0.378 e. The highest BCUT2D eigenvalue weighted by atomic mass is 32.2. The molecule has 40 heavy (non-hydrogen) atoms. The summed E-state index contributed by atoms with van der Waals surface area (Å²) in [5.74, 6) is 2.65. The quantitative estimate of drug-likeness (QED) is 0.334. The van der Waals surface area contributed by atoms with E-state index < -0.39 is 0 Å². The third-order valence-electron chi connectivity index (χ3n) is 7.15. The lowest BCUT2D eigenvalue weighted by Gasteiger charge is -2.36. The molecule has 3 aromatic rings. The number of amides is 2. The van der Waals surface area contributed by atoms with E-state index in [1.165, 1.54) is 11.8 Å². The number of hydrogen-bond acceptors (Lipinski definition) is 10. The maximum Gasteiger partial charge on any atom is 0.236 e. The van der Waals surface area contributed by atoms with Gasteiger partial charge in [-0.2, -0.15) is 5.10 Å². The van der Waals surface area contributed by atoms with Gasteiger partial charge in [0.15, 0.2) is 5.16 Å². The first kappa shape index (κ1) is 26.5. The van der Waals surface area contributed by atoms with Crippen molar-refractivity contribution in [2.24, 2.45) is 5.92 Å². The van der Waals surface area contributed by atoms with Crippen LogP contribution in [0.2, 0.25) is 0 Å². The molecule has 0 spiro atoms. The van der Waals surface area contributed by atoms with E-state index >= 15 is 0 Å². The first-order valence-electron chi connectivity index (χ1n) is 13.7. The number of nitrogens with one attached hydrogen (secondary N) is 3. The molecule has 0 atom stereocenters. The first-order chi connectivity index (χ1) is 19.6. The molecule has 0 radical (unpaired) electrons. The van der Waals surface area contributed by atoms with Crippen molar-refractivity contribution < 1.29 is 14.3 Å². The second-order valence-electron chi connectivity index (χ2n) is 10.1. The molecule has 12 nitrogen and oxygen atoms in total. The number of morpholine rings is 1. The Morgan fingerprint density at radius 1 is 1.00 bits per heavy atom. The molecule has 1 aliphatic carbocycles. The lowest BCUT2D eigenvalue weighted by Crippen LogP contribution is -2.51. The van der Waals surface area contributed by atoms with Crippen LogP contribution < -0.4 is 15.5 Å². The van der Waals surface area contributed by atoms with Gasteiger partial charge in [0.05, 0.1) is 26.0 Å². The second kappa shape index (κ2) is 12.2. The Hall–Kier alpha value is -3.68. The van der Waals surface area contributed by atoms with Crippen LogP contribution in [-0.4, -0.2) is 101 Å². The zero-order valence-corrected chi connectivity index (χ0v) is 23.0. The number of nitrogens with zero attached hydrogens (tertiary/aromatic N) is 6. The van der Waals surface area contributed by atoms with E-state index in [2.05, 4.69) is 30.6 Å². The van der Waals surface area contributed by atoms with Crippen molar-refractivity contribution in [1.82, 2.24) is 30.0 Å². The summed E-state index contributed by atoms with van der Waals surface area (Å²) >= 11 is 1.47. The summed E-state index contributed by atoms with van der Waals surface area (Å²) in [5, 5.41) is 13.8. The van der Waals surface area contributed by atoms with Crippen LogP contribution in [-0.2, 0) is 14.3 Å². The fourth-order valence-corrected chi connectivity index (χ4v) is 5.45. The van der Waals surface area contributed by atoms with Crippen molar-refractivity contribution in [2.45, 2.75) is 22.9 Å². The van der Waals surface area contributed by atoms with E-state index in [4.69, 9.17) is 14.7 Å². The molecule has 0 unspecified atom stereocenters. The average molecular weight is 564 g/mol. The molecule has 2 saturated heterocycles. The summed E-state index contributed by atoms with van der Waals surface area (Å²) in [6, 6.07) is 11.5. The number of aromatic nitrogens is 4. The van der Waals surface area contributed by atoms with Crippen LogP contribution in [0.1, 0.15) is 12.8 Å². The van der Waals surface area contributed by atoms with Crippen LogP contribution in [0.4, 0.5) is 23.1 Å². The van der Waals surface area contributed by atoms with E-state index in [1.807, 2.05) is 41.3 Å². The smallest absolute Gasteiger partial charge is 0.236 e. The minimum Gasteiger partial charge on any atom is -0.378 e. The number of carbonyl (C=O) groups is 2. The molecular formula is C27H33N9O3S. The van der Waals surface area contributed by atoms with E-state index in [0.717, 1.165) is 61.2 Å². The minimum atomic E-state index is 0.0940. The Morgan fingerprint density at radius 3 is 2.48 bits per heavy atom. The highest BCUT2D eigenvalue weighted by Crippen LogP contribution is 2.32. The molecule has 3 fully saturated rings. The molecule has 3 aliphatic rings. The van der Waals surface area contributed by atoms with Crippen molar-refractivity contribution in [3.63, 3.8) is 0 Å². The summed E-state index contributed by atoms with van der Waals surface area (Å²) in [7, 11) is 0. The third kappa shape index (κ3) is 6.90. The molecule has 6 rings (SSSR count). The summed E-state index contributed by atoms with van der Waals surface area (Å²) in [6.07, 6.45) is 3.63. The number of anilines is 4. The number of carbonyl (C=O) groups excluding carboxylic acids is 2. The fourth-order valence-electron chi connectivity index (χ4n) is 4.69. The van der Waals surface area contributed by atoms with Gasteiger partial charge >= 0.3 is 0 Å². The summed E-state index contributed by atoms with van der Waals surface area (Å²) in [5.41, 5.74) is 0.794. The van der Waals surface area contributed by atoms with E-state index in [9.17, 15) is 9.59 Å². The third-order valence-corrected chi connectivity index (χ3v) is 8.03. The zero-order chi connectivity index (χ0) is 27.3. The molecule has 2 aromatic heterocycles. The number of H-pyrrole nitrogens is 1. The fraction of sp³-hybridized carbons (Fsp3) is 0.444. The number of rotatable bonds is 9. The van der Waals surface area contributed by atoms with Gasteiger partial charge in [-0.3, -0.25) is 19.6 Å². The van der Waals surface area contributed by atoms with E-state index in [-0.39, 0.29) is 17.7 Å². The van der Waals surface area contributed by atoms with Crippen molar-refractivity contribution in [3.8, 4) is 0 Å². The van der Waals surface area contributed by atoms with Gasteiger partial charge in [0.25, 0.3) is 0 Å². The normalized spacial score (nSPS) is 18.0. The average Bonchev–Trinajstić information content (AvgIpc) is 3.72. The van der Waals surface area contributed by atoms with Gasteiger partial charge in [0.2, 0.25) is 11.8 Å². The number of ether oxygens (including phenoxy) is 1. The van der Waals surface area contributed by atoms with Crippen molar-refractivity contribution in [3.05, 3.63) is 42.6 Å². The van der Waals surface area contributed by atoms with Gasteiger partial charge in [-0.25, -0.2) is 9.97 Å². The summed E-state index contributed by atoms with van der Waals surface area (Å²) < 4.78 is 5.37. The van der Waals surface area contributed by atoms with Crippen LogP contribution in [0.3, 0.4) is 0 Å². The maximum atomic E-state index is 12.7. The first-order valence-corrected chi connectivity index (χ1v) is 14.5. The predicted octanol–water partition coefficient (Wildman–Crippen LogP) is 2.42. The van der Waals surface area contributed by atoms with Crippen molar-refractivity contribution >= 4 is 46.7 Å². The molecular weight excluding hydrogens is 530 g/mol. The monoisotopic (exact) mass is 563 g/mol. The van der Waals surface area contributed by atoms with Crippen molar-refractivity contribution in [1.29, 1.82) is 0 Å². The van der Waals surface area contributed by atoms with Crippen LogP contribution in [0.5, 0.6) is 0 Å². The molecule has 3 N–H and O–H groups in total. The number of hydrogen-bond donors (Lipinski definition) is 3. The van der Waals surface area contributed by atoms with Gasteiger partial charge in [0.1, 0.15) is 17.5 Å². The Labute approximate surface area is 236 Å². The van der Waals surface area contributed by atoms with E-state index in [0.29, 0.717) is 43.8 Å². The molecule has 1 saturated carbocycles. The molecule has 0 bridgehead atoms. The molecule has 2 amide bonds. The number of aromatic amines is 1. The van der Waals surface area contributed by atoms with Gasteiger partial charge in [-0.1, -0.05) is 0 Å². The van der Waals surface area contributed by atoms with Gasteiger partial charge in [-0.15, -0.1) is 0 Å². The Balaban J connectivity index is 1.12. The maximum absolute atomic E-state index is 12.7. The molecule has 13 heteroatoms. The zero-order valence-electron chi connectivity index (χ0n) is 22.2. The predicted molar refractivity (Wildman–Crippen MR) is 152 cm³/mol. The van der Waals surface area contributed by atoms with Crippen molar-refractivity contribution in [2.75, 3.05) is 74.6 Å². The van der Waals surface area contributed by atoms with E-state index in [1.54, 1.807) is 6.20 Å². The van der Waals surface area contributed by atoms with Crippen LogP contribution >= 0.6 is 11.8 Å². The number of benzene rings is 1. The molecule has 4 heterocycles. The topological polar surface area (TPSA) is 132 Å². The molecule has 1 aromatic carbocycles. The Kier molecular flexibility index (Phi) is 8.11. The minimum absolute atomic E-state index is 0.0940. The van der Waals surface area contributed by atoms with Gasteiger partial charge < -0.3 is 25.2 Å². The van der Waals surface area contributed by atoms with Crippen LogP contribution in [0, 0.1) is 5.92 Å². The summed E-state index contributed by atoms with van der Waals surface area (Å²) in [4.78, 5) is 41.7. The lowest BCUT2D eigenvalue weighted by molar-refractivity contribution is -0.136. The van der Waals surface area contributed by atoms with Gasteiger partial charge in [0, 0.05) is 67.9 Å². The number of piperazine rings is 1. The van der Waals surface area contributed by atoms with Gasteiger partial charge in [-0.05, 0) is 48.9 Å². The lowest BCUT2D eigenvalue weighted by atomic mass is 10.3. The molecule has 2 aliphatic heterocycles. The highest BCUT2D eigenvalue weighted by molar-refractivity contribution is 7.99. The second-order valence-corrected chi connectivity index (χ2v) is 11.2. The SMILES string of the molecule is O=C(Nc1ccc(Sc2nc(Nc3ccn[nH]3)cc(N3CCN(CC(=O)N4CCOCC4)CC3)n2)cc1)C1CC1. The van der Waals surface area contributed by atoms with Crippen LogP contribution in [0.25, 0.3) is 0 Å². The summed E-state index contributed by atoms with van der Waals surface area (Å²) in [6.45, 7) is 6.08. The van der Waals surface area contributed by atoms with Crippen LogP contribution in [0.15, 0.2) is 52.6 Å².